The van der Waals surface area contributed by atoms with Gasteiger partial charge in [0.05, 0.1) is 19.4 Å². The second kappa shape index (κ2) is 8.40. The fraction of sp³-hybridized carbons (Fsp3) is 0.375. The van der Waals surface area contributed by atoms with Gasteiger partial charge in [0.15, 0.2) is 0 Å². The first-order valence-electron chi connectivity index (χ1n) is 6.91. The molecule has 0 bridgehead atoms. The maximum absolute atomic E-state index is 5.57. The first kappa shape index (κ1) is 14.6. The molecule has 0 fully saturated rings. The van der Waals surface area contributed by atoms with E-state index >= 15 is 0 Å². The number of rotatable bonds is 9. The lowest BCUT2D eigenvalue weighted by Gasteiger charge is -2.07. The number of benzene rings is 1. The van der Waals surface area contributed by atoms with E-state index in [1.54, 1.807) is 6.26 Å². The fourth-order valence-corrected chi connectivity index (χ4v) is 1.81. The van der Waals surface area contributed by atoms with Gasteiger partial charge in [0.2, 0.25) is 0 Å². The number of hydrogen-bond donors (Lipinski definition) is 1. The summed E-state index contributed by atoms with van der Waals surface area (Å²) in [6, 6.07) is 11.9. The molecule has 0 aliphatic heterocycles. The lowest BCUT2D eigenvalue weighted by atomic mass is 10.2. The third-order valence-electron chi connectivity index (χ3n) is 2.83. The highest BCUT2D eigenvalue weighted by Crippen LogP contribution is 2.12. The molecular weight excluding hydrogens is 254 g/mol. The third kappa shape index (κ3) is 5.07. The highest BCUT2D eigenvalue weighted by Gasteiger charge is 1.98. The molecule has 1 N–H and O–H groups in total. The zero-order valence-corrected chi connectivity index (χ0v) is 11.8. The van der Waals surface area contributed by atoms with Gasteiger partial charge in [-0.2, -0.15) is 0 Å². The fourth-order valence-electron chi connectivity index (χ4n) is 1.81. The average molecular weight is 275 g/mol. The van der Waals surface area contributed by atoms with Gasteiger partial charge < -0.3 is 19.2 Å². The van der Waals surface area contributed by atoms with Gasteiger partial charge in [-0.05, 0) is 36.8 Å². The molecule has 108 valence electrons. The molecule has 0 spiro atoms. The Morgan fingerprint density at radius 3 is 2.60 bits per heavy atom. The average Bonchev–Trinajstić information content (AvgIpc) is 2.98. The maximum atomic E-state index is 5.57. The third-order valence-corrected chi connectivity index (χ3v) is 2.83. The molecule has 0 atom stereocenters. The SMILES string of the molecule is CCOCCOc1ccc(CNCc2ccco2)cc1. The maximum Gasteiger partial charge on any atom is 0.119 e. The minimum Gasteiger partial charge on any atom is -0.491 e. The first-order chi connectivity index (χ1) is 9.88. The number of hydrogen-bond acceptors (Lipinski definition) is 4. The number of ether oxygens (including phenoxy) is 2. The molecule has 2 aromatic rings. The Hall–Kier alpha value is -1.78. The van der Waals surface area contributed by atoms with Gasteiger partial charge in [0, 0.05) is 13.2 Å². The molecule has 1 aromatic heterocycles. The molecule has 0 unspecified atom stereocenters. The smallest absolute Gasteiger partial charge is 0.119 e. The van der Waals surface area contributed by atoms with Crippen molar-refractivity contribution in [2.75, 3.05) is 19.8 Å². The van der Waals surface area contributed by atoms with Crippen molar-refractivity contribution < 1.29 is 13.9 Å². The second-order valence-corrected chi connectivity index (χ2v) is 4.37. The van der Waals surface area contributed by atoms with Crippen LogP contribution in [-0.2, 0) is 17.8 Å². The molecule has 0 saturated heterocycles. The standard InChI is InChI=1S/C16H21NO3/c1-2-18-10-11-20-15-7-5-14(6-8-15)12-17-13-16-4-3-9-19-16/h3-9,17H,2,10-13H2,1H3. The Balaban J connectivity index is 1.68. The van der Waals surface area contributed by atoms with E-state index in [0.717, 1.165) is 31.2 Å². The van der Waals surface area contributed by atoms with Crippen LogP contribution in [0.5, 0.6) is 5.75 Å². The van der Waals surface area contributed by atoms with Crippen LogP contribution in [-0.4, -0.2) is 19.8 Å². The Labute approximate surface area is 119 Å². The van der Waals surface area contributed by atoms with Gasteiger partial charge in [-0.1, -0.05) is 12.1 Å². The van der Waals surface area contributed by atoms with Crippen molar-refractivity contribution >= 4 is 0 Å². The van der Waals surface area contributed by atoms with Crippen LogP contribution < -0.4 is 10.1 Å². The predicted molar refractivity (Wildman–Crippen MR) is 77.7 cm³/mol. The monoisotopic (exact) mass is 275 g/mol. The van der Waals surface area contributed by atoms with Crippen molar-refractivity contribution in [1.82, 2.24) is 5.32 Å². The summed E-state index contributed by atoms with van der Waals surface area (Å²) in [6.07, 6.45) is 1.69. The van der Waals surface area contributed by atoms with E-state index in [2.05, 4.69) is 17.4 Å². The number of furan rings is 1. The summed E-state index contributed by atoms with van der Waals surface area (Å²) in [7, 11) is 0. The normalized spacial score (nSPS) is 10.7. The van der Waals surface area contributed by atoms with Crippen LogP contribution in [0.15, 0.2) is 47.1 Å². The van der Waals surface area contributed by atoms with Gasteiger partial charge in [0.25, 0.3) is 0 Å². The van der Waals surface area contributed by atoms with Crippen LogP contribution in [0.4, 0.5) is 0 Å². The van der Waals surface area contributed by atoms with E-state index in [9.17, 15) is 0 Å². The molecule has 1 heterocycles. The van der Waals surface area contributed by atoms with Crippen molar-refractivity contribution in [3.8, 4) is 5.75 Å². The molecule has 4 nitrogen and oxygen atoms in total. The molecule has 0 amide bonds. The van der Waals surface area contributed by atoms with Crippen LogP contribution in [0.2, 0.25) is 0 Å². The van der Waals surface area contributed by atoms with Gasteiger partial charge in [-0.25, -0.2) is 0 Å². The molecular formula is C16H21NO3. The summed E-state index contributed by atoms with van der Waals surface area (Å²) in [5.74, 6) is 1.82. The highest BCUT2D eigenvalue weighted by molar-refractivity contribution is 5.27. The summed E-state index contributed by atoms with van der Waals surface area (Å²) >= 11 is 0. The molecule has 0 radical (unpaired) electrons. The molecule has 20 heavy (non-hydrogen) atoms. The largest absolute Gasteiger partial charge is 0.491 e. The minimum absolute atomic E-state index is 0.587. The van der Waals surface area contributed by atoms with Gasteiger partial charge in [-0.15, -0.1) is 0 Å². The minimum atomic E-state index is 0.587. The van der Waals surface area contributed by atoms with E-state index in [-0.39, 0.29) is 0 Å². The predicted octanol–water partition coefficient (Wildman–Crippen LogP) is 2.98. The van der Waals surface area contributed by atoms with E-state index in [1.807, 2.05) is 31.2 Å². The zero-order chi connectivity index (χ0) is 14.0. The molecule has 0 aliphatic rings. The van der Waals surface area contributed by atoms with Crippen molar-refractivity contribution in [3.05, 3.63) is 54.0 Å². The molecule has 4 heteroatoms. The lowest BCUT2D eigenvalue weighted by molar-refractivity contribution is 0.110. The van der Waals surface area contributed by atoms with Crippen molar-refractivity contribution in [3.63, 3.8) is 0 Å². The second-order valence-electron chi connectivity index (χ2n) is 4.37. The quantitative estimate of drug-likeness (QED) is 0.714. The molecule has 2 rings (SSSR count). The van der Waals surface area contributed by atoms with E-state index in [1.165, 1.54) is 5.56 Å². The van der Waals surface area contributed by atoms with Crippen molar-refractivity contribution in [2.24, 2.45) is 0 Å². The topological polar surface area (TPSA) is 43.6 Å². The molecule has 0 saturated carbocycles. The zero-order valence-electron chi connectivity index (χ0n) is 11.8. The van der Waals surface area contributed by atoms with Gasteiger partial charge in [-0.3, -0.25) is 0 Å². The lowest BCUT2D eigenvalue weighted by Crippen LogP contribution is -2.12. The summed E-state index contributed by atoms with van der Waals surface area (Å²) in [5.41, 5.74) is 1.22. The summed E-state index contributed by atoms with van der Waals surface area (Å²) < 4.78 is 16.0. The summed E-state index contributed by atoms with van der Waals surface area (Å²) in [5, 5.41) is 3.33. The van der Waals surface area contributed by atoms with Crippen LogP contribution >= 0.6 is 0 Å². The van der Waals surface area contributed by atoms with E-state index in [4.69, 9.17) is 13.9 Å². The first-order valence-corrected chi connectivity index (χ1v) is 6.91. The van der Waals surface area contributed by atoms with Gasteiger partial charge >= 0.3 is 0 Å². The Kier molecular flexibility index (Phi) is 6.14. The van der Waals surface area contributed by atoms with Crippen LogP contribution in [0.3, 0.4) is 0 Å². The Bertz CT molecular complexity index is 465. The Morgan fingerprint density at radius 2 is 1.90 bits per heavy atom. The van der Waals surface area contributed by atoms with Crippen LogP contribution in [0.1, 0.15) is 18.2 Å². The van der Waals surface area contributed by atoms with E-state index < -0.39 is 0 Å². The van der Waals surface area contributed by atoms with Crippen LogP contribution in [0.25, 0.3) is 0 Å². The van der Waals surface area contributed by atoms with Crippen LogP contribution in [0, 0.1) is 0 Å². The highest BCUT2D eigenvalue weighted by atomic mass is 16.5. The Morgan fingerprint density at radius 1 is 1.05 bits per heavy atom. The summed E-state index contributed by atoms with van der Waals surface area (Å²) in [6.45, 7) is 5.46. The molecule has 1 aromatic carbocycles. The van der Waals surface area contributed by atoms with Gasteiger partial charge in [0.1, 0.15) is 18.1 Å². The van der Waals surface area contributed by atoms with E-state index in [0.29, 0.717) is 13.2 Å². The summed E-state index contributed by atoms with van der Waals surface area (Å²) in [4.78, 5) is 0. The molecule has 0 aliphatic carbocycles. The van der Waals surface area contributed by atoms with Crippen molar-refractivity contribution in [2.45, 2.75) is 20.0 Å². The van der Waals surface area contributed by atoms with Crippen molar-refractivity contribution in [1.29, 1.82) is 0 Å². The number of nitrogens with one attached hydrogen (secondary N) is 1.